The van der Waals surface area contributed by atoms with Crippen molar-refractivity contribution in [2.75, 3.05) is 7.11 Å². The van der Waals surface area contributed by atoms with Crippen LogP contribution in [-0.2, 0) is 17.6 Å². The summed E-state index contributed by atoms with van der Waals surface area (Å²) in [4.78, 5) is 27.5. The third-order valence-electron chi connectivity index (χ3n) is 4.74. The molecule has 1 heterocycles. The molecule has 1 aromatic heterocycles. The van der Waals surface area contributed by atoms with Crippen LogP contribution in [0.2, 0.25) is 0 Å². The average molecular weight is 311 g/mol. The second-order valence-electron chi connectivity index (χ2n) is 6.09. The quantitative estimate of drug-likeness (QED) is 0.881. The third-order valence-corrected chi connectivity index (χ3v) is 4.74. The first-order chi connectivity index (χ1) is 11.0. The van der Waals surface area contributed by atoms with Crippen molar-refractivity contribution in [3.8, 4) is 0 Å². The van der Waals surface area contributed by atoms with E-state index in [4.69, 9.17) is 4.74 Å². The summed E-state index contributed by atoms with van der Waals surface area (Å²) >= 11 is 0. The van der Waals surface area contributed by atoms with Crippen LogP contribution in [0.5, 0.6) is 0 Å². The first-order valence-corrected chi connectivity index (χ1v) is 7.96. The number of Topliss-reactive ketones (excluding diaryl/α,β-unsaturated/α-hetero) is 1. The molecule has 0 amide bonds. The zero-order chi connectivity index (χ0) is 16.6. The fraction of sp³-hybridized carbons (Fsp3) is 0.368. The van der Waals surface area contributed by atoms with Gasteiger partial charge < -0.3 is 9.72 Å². The zero-order valence-corrected chi connectivity index (χ0v) is 13.7. The van der Waals surface area contributed by atoms with E-state index in [9.17, 15) is 9.59 Å². The summed E-state index contributed by atoms with van der Waals surface area (Å²) in [5, 5.41) is 0. The minimum absolute atomic E-state index is 0.0970. The molecule has 120 valence electrons. The van der Waals surface area contributed by atoms with Gasteiger partial charge in [-0.05, 0) is 42.4 Å². The topological polar surface area (TPSA) is 59.2 Å². The third kappa shape index (κ3) is 2.69. The fourth-order valence-electron chi connectivity index (χ4n) is 3.40. The number of fused-ring (bicyclic) bond motifs is 1. The molecule has 1 unspecified atom stereocenters. The Bertz CT molecular complexity index is 756. The average Bonchev–Trinajstić information content (AvgIpc) is 2.91. The van der Waals surface area contributed by atoms with E-state index in [0.29, 0.717) is 23.2 Å². The van der Waals surface area contributed by atoms with E-state index in [2.05, 4.69) is 36.2 Å². The van der Waals surface area contributed by atoms with E-state index < -0.39 is 5.97 Å². The number of hydrogen-bond acceptors (Lipinski definition) is 3. The van der Waals surface area contributed by atoms with E-state index in [1.54, 1.807) is 6.92 Å². The number of aromatic amines is 1. The van der Waals surface area contributed by atoms with Gasteiger partial charge in [0.25, 0.3) is 0 Å². The van der Waals surface area contributed by atoms with Crippen LogP contribution in [0.4, 0.5) is 0 Å². The highest BCUT2D eigenvalue weighted by Crippen LogP contribution is 2.35. The van der Waals surface area contributed by atoms with Crippen LogP contribution in [0.3, 0.4) is 0 Å². The summed E-state index contributed by atoms with van der Waals surface area (Å²) < 4.78 is 4.79. The molecule has 1 aliphatic carbocycles. The van der Waals surface area contributed by atoms with Gasteiger partial charge >= 0.3 is 5.97 Å². The van der Waals surface area contributed by atoms with Crippen LogP contribution < -0.4 is 0 Å². The molecule has 23 heavy (non-hydrogen) atoms. The second kappa shape index (κ2) is 6.03. The molecule has 0 saturated heterocycles. The second-order valence-corrected chi connectivity index (χ2v) is 6.09. The van der Waals surface area contributed by atoms with Crippen molar-refractivity contribution in [3.05, 3.63) is 57.9 Å². The lowest BCUT2D eigenvalue weighted by Crippen LogP contribution is -2.18. The normalized spacial score (nSPS) is 17.0. The largest absolute Gasteiger partial charge is 0.464 e. The number of benzene rings is 1. The number of hydrogen-bond donors (Lipinski definition) is 1. The van der Waals surface area contributed by atoms with Crippen LogP contribution in [0.1, 0.15) is 62.5 Å². The number of ketones is 1. The van der Waals surface area contributed by atoms with Crippen molar-refractivity contribution in [2.45, 2.75) is 39.0 Å². The van der Waals surface area contributed by atoms with E-state index in [0.717, 1.165) is 18.5 Å². The Morgan fingerprint density at radius 3 is 2.57 bits per heavy atom. The molecule has 2 aromatic rings. The Morgan fingerprint density at radius 2 is 1.96 bits per heavy atom. The molecule has 1 N–H and O–H groups in total. The van der Waals surface area contributed by atoms with Crippen LogP contribution in [0.15, 0.2) is 24.3 Å². The molecular weight excluding hydrogens is 290 g/mol. The highest BCUT2D eigenvalue weighted by atomic mass is 16.5. The van der Waals surface area contributed by atoms with Gasteiger partial charge in [0.05, 0.1) is 7.11 Å². The van der Waals surface area contributed by atoms with Crippen LogP contribution in [0, 0.1) is 6.92 Å². The molecule has 0 aliphatic heterocycles. The number of aromatic nitrogens is 1. The van der Waals surface area contributed by atoms with E-state index in [-0.39, 0.29) is 11.7 Å². The molecule has 4 nitrogen and oxygen atoms in total. The minimum atomic E-state index is -0.423. The van der Waals surface area contributed by atoms with Crippen molar-refractivity contribution in [3.63, 3.8) is 0 Å². The van der Waals surface area contributed by atoms with Crippen molar-refractivity contribution < 1.29 is 14.3 Å². The molecule has 1 aromatic carbocycles. The molecule has 1 atom stereocenters. The van der Waals surface area contributed by atoms with Gasteiger partial charge in [-0.2, -0.15) is 0 Å². The van der Waals surface area contributed by atoms with E-state index in [1.807, 2.05) is 0 Å². The van der Waals surface area contributed by atoms with Crippen molar-refractivity contribution in [1.29, 1.82) is 0 Å². The molecule has 1 aliphatic rings. The molecule has 0 radical (unpaired) electrons. The number of nitrogens with one attached hydrogen (secondary N) is 1. The first-order valence-electron chi connectivity index (χ1n) is 7.96. The SMILES string of the molecule is CCc1ccc(C2CC(=O)c3c([nH]c(C(=O)OC)c3C)C2)cc1. The van der Waals surface area contributed by atoms with Gasteiger partial charge in [0, 0.05) is 17.7 Å². The molecule has 0 saturated carbocycles. The predicted octanol–water partition coefficient (Wildman–Crippen LogP) is 3.58. The van der Waals surface area contributed by atoms with Gasteiger partial charge in [-0.15, -0.1) is 0 Å². The van der Waals surface area contributed by atoms with Gasteiger partial charge in [-0.1, -0.05) is 31.2 Å². The maximum atomic E-state index is 12.6. The highest BCUT2D eigenvalue weighted by Gasteiger charge is 2.32. The summed E-state index contributed by atoms with van der Waals surface area (Å²) in [6.07, 6.45) is 2.23. The lowest BCUT2D eigenvalue weighted by molar-refractivity contribution is 0.0593. The Hall–Kier alpha value is -2.36. The van der Waals surface area contributed by atoms with Crippen molar-refractivity contribution >= 4 is 11.8 Å². The summed E-state index contributed by atoms with van der Waals surface area (Å²) in [5.74, 6) is -0.169. The smallest absolute Gasteiger partial charge is 0.354 e. The molecule has 3 rings (SSSR count). The molecule has 0 fully saturated rings. The lowest BCUT2D eigenvalue weighted by atomic mass is 9.81. The summed E-state index contributed by atoms with van der Waals surface area (Å²) in [6.45, 7) is 3.93. The molecule has 0 spiro atoms. The zero-order valence-electron chi connectivity index (χ0n) is 13.7. The van der Waals surface area contributed by atoms with Crippen molar-refractivity contribution in [1.82, 2.24) is 4.98 Å². The molecule has 4 heteroatoms. The number of rotatable bonds is 3. The Morgan fingerprint density at radius 1 is 1.26 bits per heavy atom. The highest BCUT2D eigenvalue weighted by molar-refractivity contribution is 6.03. The summed E-state index contributed by atoms with van der Waals surface area (Å²) in [5.41, 5.74) is 5.09. The Balaban J connectivity index is 1.93. The number of H-pyrrole nitrogens is 1. The number of esters is 1. The van der Waals surface area contributed by atoms with Crippen LogP contribution in [0.25, 0.3) is 0 Å². The molecular formula is C19H21NO3. The van der Waals surface area contributed by atoms with E-state index >= 15 is 0 Å². The number of carbonyl (C=O) groups excluding carboxylic acids is 2. The van der Waals surface area contributed by atoms with E-state index in [1.165, 1.54) is 18.2 Å². The summed E-state index contributed by atoms with van der Waals surface area (Å²) in [7, 11) is 1.35. The minimum Gasteiger partial charge on any atom is -0.464 e. The molecule has 0 bridgehead atoms. The summed E-state index contributed by atoms with van der Waals surface area (Å²) in [6, 6.07) is 8.46. The fourth-order valence-corrected chi connectivity index (χ4v) is 3.40. The first kappa shape index (κ1) is 15.5. The number of ether oxygens (including phenoxy) is 1. The number of methoxy groups -OCH3 is 1. The lowest BCUT2D eigenvalue weighted by Gasteiger charge is -2.22. The van der Waals surface area contributed by atoms with Crippen molar-refractivity contribution in [2.24, 2.45) is 0 Å². The van der Waals surface area contributed by atoms with Gasteiger partial charge in [0.15, 0.2) is 5.78 Å². The monoisotopic (exact) mass is 311 g/mol. The number of aryl methyl sites for hydroxylation is 1. The standard InChI is InChI=1S/C19H21NO3/c1-4-12-5-7-13(8-6-12)14-9-15-17(16(21)10-14)11(2)18(20-15)19(22)23-3/h5-8,14,20H,4,9-10H2,1-3H3. The van der Waals surface area contributed by atoms with Gasteiger partial charge in [0.1, 0.15) is 5.69 Å². The maximum absolute atomic E-state index is 12.6. The Kier molecular flexibility index (Phi) is 4.07. The van der Waals surface area contributed by atoms with Gasteiger partial charge in [-0.25, -0.2) is 4.79 Å². The van der Waals surface area contributed by atoms with Crippen LogP contribution >= 0.6 is 0 Å². The van der Waals surface area contributed by atoms with Gasteiger partial charge in [0.2, 0.25) is 0 Å². The Labute approximate surface area is 135 Å². The number of carbonyl (C=O) groups is 2. The van der Waals surface area contributed by atoms with Crippen LogP contribution in [-0.4, -0.2) is 23.8 Å². The maximum Gasteiger partial charge on any atom is 0.354 e. The van der Waals surface area contributed by atoms with Gasteiger partial charge in [-0.3, -0.25) is 4.79 Å². The predicted molar refractivity (Wildman–Crippen MR) is 88.1 cm³/mol.